The molecule has 1 aliphatic heterocycles. The van der Waals surface area contributed by atoms with Gasteiger partial charge in [0.2, 0.25) is 5.91 Å². The first-order valence-corrected chi connectivity index (χ1v) is 10.9. The largest absolute Gasteiger partial charge is 0.481 e. The van der Waals surface area contributed by atoms with Gasteiger partial charge in [-0.15, -0.1) is 0 Å². The Morgan fingerprint density at radius 3 is 2.47 bits per heavy atom. The highest BCUT2D eigenvalue weighted by molar-refractivity contribution is 5.81. The van der Waals surface area contributed by atoms with Gasteiger partial charge in [0.1, 0.15) is 0 Å². The molecule has 0 fully saturated rings. The first-order chi connectivity index (χ1) is 14.3. The number of benzene rings is 1. The summed E-state index contributed by atoms with van der Waals surface area (Å²) >= 11 is 0. The third-order valence-electron chi connectivity index (χ3n) is 6.25. The molecule has 0 radical (unpaired) electrons. The Bertz CT molecular complexity index is 913. The van der Waals surface area contributed by atoms with Crippen LogP contribution >= 0.6 is 0 Å². The molecule has 0 saturated carbocycles. The maximum Gasteiger partial charge on any atom is 0.313 e. The summed E-state index contributed by atoms with van der Waals surface area (Å²) < 4.78 is 1.92. The molecule has 30 heavy (non-hydrogen) atoms. The average Bonchev–Trinajstić information content (AvgIpc) is 3.07. The molecule has 1 N–H and O–H groups in total. The van der Waals surface area contributed by atoms with Gasteiger partial charge in [0.25, 0.3) is 0 Å². The van der Waals surface area contributed by atoms with Crippen LogP contribution in [0.15, 0.2) is 24.3 Å². The number of aryl methyl sites for hydroxylation is 1. The van der Waals surface area contributed by atoms with Crippen molar-refractivity contribution in [1.29, 1.82) is 0 Å². The van der Waals surface area contributed by atoms with E-state index in [4.69, 9.17) is 5.10 Å². The van der Waals surface area contributed by atoms with Crippen molar-refractivity contribution in [2.75, 3.05) is 6.54 Å². The minimum absolute atomic E-state index is 0.227. The summed E-state index contributed by atoms with van der Waals surface area (Å²) in [6.07, 6.45) is 5.84. The van der Waals surface area contributed by atoms with Crippen molar-refractivity contribution in [3.8, 4) is 11.3 Å². The number of aromatic nitrogens is 2. The fourth-order valence-corrected chi connectivity index (χ4v) is 4.07. The van der Waals surface area contributed by atoms with Crippen LogP contribution in [-0.2, 0) is 35.0 Å². The summed E-state index contributed by atoms with van der Waals surface area (Å²) in [4.78, 5) is 26.2. The van der Waals surface area contributed by atoms with E-state index in [-0.39, 0.29) is 5.91 Å². The molecule has 3 rings (SSSR count). The summed E-state index contributed by atoms with van der Waals surface area (Å²) in [6.45, 7) is 6.92. The van der Waals surface area contributed by atoms with Gasteiger partial charge < -0.3 is 10.0 Å². The van der Waals surface area contributed by atoms with E-state index >= 15 is 0 Å². The highest BCUT2D eigenvalue weighted by atomic mass is 16.4. The molecule has 162 valence electrons. The van der Waals surface area contributed by atoms with Crippen molar-refractivity contribution >= 4 is 11.9 Å². The Kier molecular flexibility index (Phi) is 6.64. The topological polar surface area (TPSA) is 75.4 Å². The number of hydrogen-bond donors (Lipinski definition) is 1. The number of carbonyl (C=O) groups excluding carboxylic acids is 1. The van der Waals surface area contributed by atoms with Gasteiger partial charge in [0.15, 0.2) is 0 Å². The van der Waals surface area contributed by atoms with Crippen LogP contribution in [0.1, 0.15) is 69.7 Å². The molecule has 2 aromatic rings. The number of unbranched alkanes of at least 4 members (excludes halogenated alkanes) is 3. The quantitative estimate of drug-likeness (QED) is 0.657. The highest BCUT2D eigenvalue weighted by Crippen LogP contribution is 2.32. The number of hydrogen-bond acceptors (Lipinski definition) is 3. The van der Waals surface area contributed by atoms with Crippen LogP contribution in [0.25, 0.3) is 11.3 Å². The maximum atomic E-state index is 12.7. The maximum absolute atomic E-state index is 12.7. The van der Waals surface area contributed by atoms with E-state index in [2.05, 4.69) is 6.92 Å². The number of nitrogens with zero attached hydrogens (tertiary/aromatic N) is 3. The van der Waals surface area contributed by atoms with Crippen LogP contribution in [0.4, 0.5) is 0 Å². The lowest BCUT2D eigenvalue weighted by molar-refractivity contribution is -0.142. The van der Waals surface area contributed by atoms with Crippen molar-refractivity contribution < 1.29 is 14.7 Å². The third kappa shape index (κ3) is 4.42. The van der Waals surface area contributed by atoms with Crippen LogP contribution in [0.2, 0.25) is 0 Å². The monoisotopic (exact) mass is 411 g/mol. The molecular formula is C24H33N3O3. The Morgan fingerprint density at radius 2 is 1.83 bits per heavy atom. The molecule has 1 aliphatic rings. The number of rotatable bonds is 8. The predicted molar refractivity (Wildman–Crippen MR) is 117 cm³/mol. The number of carboxylic acids is 1. The molecule has 0 unspecified atom stereocenters. The number of carbonyl (C=O) groups is 2. The first kappa shape index (κ1) is 22.1. The van der Waals surface area contributed by atoms with Gasteiger partial charge >= 0.3 is 5.97 Å². The molecule has 0 aliphatic carbocycles. The zero-order valence-corrected chi connectivity index (χ0v) is 18.6. The fraction of sp³-hybridized carbons (Fsp3) is 0.542. The number of aliphatic carboxylic acids is 1. The number of fused-ring (bicyclic) bond motifs is 1. The fourth-order valence-electron chi connectivity index (χ4n) is 4.07. The minimum Gasteiger partial charge on any atom is -0.481 e. The summed E-state index contributed by atoms with van der Waals surface area (Å²) in [5, 5.41) is 14.2. The Hall–Kier alpha value is -2.63. The third-order valence-corrected chi connectivity index (χ3v) is 6.25. The van der Waals surface area contributed by atoms with Gasteiger partial charge in [-0.1, -0.05) is 50.5 Å². The summed E-state index contributed by atoms with van der Waals surface area (Å²) in [5.41, 5.74) is 3.94. The van der Waals surface area contributed by atoms with E-state index in [0.29, 0.717) is 13.0 Å². The molecule has 6 nitrogen and oxygen atoms in total. The summed E-state index contributed by atoms with van der Waals surface area (Å²) in [7, 11) is 1.95. The molecule has 0 saturated heterocycles. The van der Waals surface area contributed by atoms with Crippen molar-refractivity contribution in [3.05, 3.63) is 41.1 Å². The highest BCUT2D eigenvalue weighted by Gasteiger charge is 2.30. The van der Waals surface area contributed by atoms with E-state index in [1.54, 1.807) is 13.8 Å². The van der Waals surface area contributed by atoms with E-state index in [1.165, 1.54) is 18.5 Å². The van der Waals surface area contributed by atoms with Crippen LogP contribution in [0.5, 0.6) is 0 Å². The SMILES string of the molecule is CCCCCCC(=O)N1CCc2c(c(-c3ccc(C(C)(C)C(=O)O)cc3)nn2C)C1. The van der Waals surface area contributed by atoms with E-state index in [0.717, 1.165) is 48.2 Å². The smallest absolute Gasteiger partial charge is 0.313 e. The van der Waals surface area contributed by atoms with Crippen LogP contribution < -0.4 is 0 Å². The van der Waals surface area contributed by atoms with Gasteiger partial charge in [0, 0.05) is 49.8 Å². The molecule has 0 spiro atoms. The zero-order chi connectivity index (χ0) is 21.9. The molecule has 1 amide bonds. The number of carboxylic acid groups (broad SMARTS) is 1. The molecular weight excluding hydrogens is 378 g/mol. The molecule has 6 heteroatoms. The second kappa shape index (κ2) is 9.02. The summed E-state index contributed by atoms with van der Waals surface area (Å²) in [5.74, 6) is -0.622. The van der Waals surface area contributed by atoms with E-state index in [1.807, 2.05) is 40.9 Å². The van der Waals surface area contributed by atoms with Gasteiger partial charge in [-0.05, 0) is 25.8 Å². The van der Waals surface area contributed by atoms with Gasteiger partial charge in [-0.2, -0.15) is 5.10 Å². The van der Waals surface area contributed by atoms with Crippen LogP contribution in [0.3, 0.4) is 0 Å². The lowest BCUT2D eigenvalue weighted by Gasteiger charge is -2.28. The lowest BCUT2D eigenvalue weighted by atomic mass is 9.84. The second-order valence-electron chi connectivity index (χ2n) is 8.78. The number of amides is 1. The lowest BCUT2D eigenvalue weighted by Crippen LogP contribution is -2.36. The van der Waals surface area contributed by atoms with E-state index in [9.17, 15) is 14.7 Å². The van der Waals surface area contributed by atoms with Crippen molar-refractivity contribution in [1.82, 2.24) is 14.7 Å². The zero-order valence-electron chi connectivity index (χ0n) is 18.6. The minimum atomic E-state index is -0.941. The Morgan fingerprint density at radius 1 is 1.13 bits per heavy atom. The van der Waals surface area contributed by atoms with E-state index < -0.39 is 11.4 Å². The Balaban J connectivity index is 1.80. The van der Waals surface area contributed by atoms with Crippen LogP contribution in [0, 0.1) is 0 Å². The average molecular weight is 412 g/mol. The predicted octanol–water partition coefficient (Wildman–Crippen LogP) is 4.30. The molecule has 2 heterocycles. The normalized spacial score (nSPS) is 13.9. The van der Waals surface area contributed by atoms with Gasteiger partial charge in [-0.3, -0.25) is 14.3 Å². The van der Waals surface area contributed by atoms with Gasteiger partial charge in [-0.25, -0.2) is 0 Å². The molecule has 0 atom stereocenters. The van der Waals surface area contributed by atoms with Crippen molar-refractivity contribution in [3.63, 3.8) is 0 Å². The molecule has 1 aromatic heterocycles. The molecule has 1 aromatic carbocycles. The molecule has 0 bridgehead atoms. The Labute approximate surface area is 178 Å². The summed E-state index contributed by atoms with van der Waals surface area (Å²) in [6, 6.07) is 7.61. The van der Waals surface area contributed by atoms with Gasteiger partial charge in [0.05, 0.1) is 11.1 Å². The first-order valence-electron chi connectivity index (χ1n) is 10.9. The second-order valence-corrected chi connectivity index (χ2v) is 8.78. The standard InChI is InChI=1S/C24H33N3O3/c1-5-6-7-8-9-21(28)27-15-14-20-19(16-27)22(25-26(20)4)17-10-12-18(13-11-17)24(2,3)23(29)30/h10-13H,5-9,14-16H2,1-4H3,(H,29,30). The van der Waals surface area contributed by atoms with Crippen molar-refractivity contribution in [2.24, 2.45) is 7.05 Å². The van der Waals surface area contributed by atoms with Crippen LogP contribution in [-0.4, -0.2) is 38.2 Å². The van der Waals surface area contributed by atoms with Crippen molar-refractivity contribution in [2.45, 2.75) is 71.3 Å².